The summed E-state index contributed by atoms with van der Waals surface area (Å²) in [5.41, 5.74) is 5.64. The van der Waals surface area contributed by atoms with Crippen LogP contribution in [0.4, 0.5) is 0 Å². The van der Waals surface area contributed by atoms with Crippen LogP contribution in [0.15, 0.2) is 0 Å². The van der Waals surface area contributed by atoms with Crippen molar-refractivity contribution in [2.75, 3.05) is 6.54 Å². The smallest absolute Gasteiger partial charge is 0.303 e. The topological polar surface area (TPSA) is 63.3 Å². The maximum Gasteiger partial charge on any atom is 0.303 e. The first kappa shape index (κ1) is 8.05. The van der Waals surface area contributed by atoms with Crippen LogP contribution in [0.3, 0.4) is 0 Å². The van der Waals surface area contributed by atoms with Gasteiger partial charge < -0.3 is 10.8 Å². The van der Waals surface area contributed by atoms with Crippen molar-refractivity contribution in [3.8, 4) is 0 Å². The van der Waals surface area contributed by atoms with Gasteiger partial charge in [0.15, 0.2) is 0 Å². The van der Waals surface area contributed by atoms with Crippen LogP contribution in [-0.4, -0.2) is 17.6 Å². The third-order valence-electron chi connectivity index (χ3n) is 3.63. The molecule has 3 heteroatoms. The molecule has 0 bridgehead atoms. The minimum absolute atomic E-state index is 0.0312. The van der Waals surface area contributed by atoms with Gasteiger partial charge in [0.2, 0.25) is 0 Å². The lowest BCUT2D eigenvalue weighted by atomic mass is 9.79. The predicted molar refractivity (Wildman–Crippen MR) is 44.6 cm³/mol. The number of carbonyl (C=O) groups is 1. The summed E-state index contributed by atoms with van der Waals surface area (Å²) in [6.07, 6.45) is 3.75. The van der Waals surface area contributed by atoms with Gasteiger partial charge in [-0.1, -0.05) is 0 Å². The lowest BCUT2D eigenvalue weighted by Crippen LogP contribution is -2.33. The van der Waals surface area contributed by atoms with Crippen molar-refractivity contribution in [1.29, 1.82) is 0 Å². The Bertz CT molecular complexity index is 217. The van der Waals surface area contributed by atoms with Gasteiger partial charge in [0.25, 0.3) is 0 Å². The molecule has 0 heterocycles. The number of rotatable bonds is 3. The summed E-state index contributed by atoms with van der Waals surface area (Å²) in [6.45, 7) is 0.556. The molecule has 0 radical (unpaired) electrons. The standard InChI is InChI=1S/C9H15NO2/c10-5-9(4-8(11)12)2-1-6-3-7(6)9/h6-7H,1-5,10H2,(H,11,12). The van der Waals surface area contributed by atoms with Gasteiger partial charge in [-0.25, -0.2) is 0 Å². The zero-order chi connectivity index (χ0) is 8.77. The molecule has 2 fully saturated rings. The van der Waals surface area contributed by atoms with Crippen molar-refractivity contribution in [1.82, 2.24) is 0 Å². The minimum atomic E-state index is -0.687. The Morgan fingerprint density at radius 2 is 2.42 bits per heavy atom. The van der Waals surface area contributed by atoms with E-state index in [0.29, 0.717) is 12.5 Å². The minimum Gasteiger partial charge on any atom is -0.481 e. The molecular formula is C9H15NO2. The fourth-order valence-electron chi connectivity index (χ4n) is 2.82. The molecule has 0 aromatic rings. The Balaban J connectivity index is 2.08. The first-order chi connectivity index (χ1) is 5.68. The van der Waals surface area contributed by atoms with Crippen LogP contribution >= 0.6 is 0 Å². The van der Waals surface area contributed by atoms with E-state index in [1.165, 1.54) is 12.8 Å². The summed E-state index contributed by atoms with van der Waals surface area (Å²) in [4.78, 5) is 10.6. The van der Waals surface area contributed by atoms with Crippen LogP contribution in [0, 0.1) is 17.3 Å². The summed E-state index contributed by atoms with van der Waals surface area (Å²) < 4.78 is 0. The van der Waals surface area contributed by atoms with E-state index >= 15 is 0 Å². The molecular weight excluding hydrogens is 154 g/mol. The monoisotopic (exact) mass is 169 g/mol. The Morgan fingerprint density at radius 3 is 2.75 bits per heavy atom. The Kier molecular flexibility index (Phi) is 1.65. The molecule has 0 aromatic carbocycles. The van der Waals surface area contributed by atoms with Crippen molar-refractivity contribution in [3.63, 3.8) is 0 Å². The van der Waals surface area contributed by atoms with E-state index in [1.54, 1.807) is 0 Å². The fraction of sp³-hybridized carbons (Fsp3) is 0.889. The number of nitrogens with two attached hydrogens (primary N) is 1. The second kappa shape index (κ2) is 2.46. The van der Waals surface area contributed by atoms with Crippen molar-refractivity contribution < 1.29 is 9.90 Å². The molecule has 3 atom stereocenters. The zero-order valence-corrected chi connectivity index (χ0v) is 7.12. The third kappa shape index (κ3) is 1.04. The highest BCUT2D eigenvalue weighted by Crippen LogP contribution is 2.63. The number of carboxylic acid groups (broad SMARTS) is 1. The van der Waals surface area contributed by atoms with E-state index in [4.69, 9.17) is 10.8 Å². The molecule has 0 aromatic heterocycles. The molecule has 12 heavy (non-hydrogen) atoms. The molecule has 0 amide bonds. The molecule has 2 saturated carbocycles. The first-order valence-corrected chi connectivity index (χ1v) is 4.60. The van der Waals surface area contributed by atoms with E-state index in [2.05, 4.69) is 0 Å². The van der Waals surface area contributed by atoms with Crippen molar-refractivity contribution >= 4 is 5.97 Å². The summed E-state index contributed by atoms with van der Waals surface area (Å²) in [5, 5.41) is 8.75. The number of aliphatic carboxylic acids is 1. The van der Waals surface area contributed by atoms with Crippen LogP contribution < -0.4 is 5.73 Å². The maximum atomic E-state index is 10.6. The van der Waals surface area contributed by atoms with E-state index < -0.39 is 5.97 Å². The summed E-state index contributed by atoms with van der Waals surface area (Å²) in [6, 6.07) is 0. The molecule has 3 unspecified atom stereocenters. The highest BCUT2D eigenvalue weighted by Gasteiger charge is 2.57. The van der Waals surface area contributed by atoms with Crippen LogP contribution in [0.2, 0.25) is 0 Å². The highest BCUT2D eigenvalue weighted by atomic mass is 16.4. The quantitative estimate of drug-likeness (QED) is 0.658. The molecule has 2 rings (SSSR count). The summed E-state index contributed by atoms with van der Waals surface area (Å²) in [5.74, 6) is 0.763. The van der Waals surface area contributed by atoms with Crippen LogP contribution in [0.5, 0.6) is 0 Å². The van der Waals surface area contributed by atoms with E-state index in [-0.39, 0.29) is 11.8 Å². The van der Waals surface area contributed by atoms with E-state index in [9.17, 15) is 4.79 Å². The Morgan fingerprint density at radius 1 is 1.67 bits per heavy atom. The first-order valence-electron chi connectivity index (χ1n) is 4.60. The maximum absolute atomic E-state index is 10.6. The largest absolute Gasteiger partial charge is 0.481 e. The predicted octanol–water partition coefficient (Wildman–Crippen LogP) is 0.836. The van der Waals surface area contributed by atoms with Gasteiger partial charge in [-0.05, 0) is 43.1 Å². The number of fused-ring (bicyclic) bond motifs is 1. The number of hydrogen-bond donors (Lipinski definition) is 2. The number of hydrogen-bond acceptors (Lipinski definition) is 2. The van der Waals surface area contributed by atoms with Gasteiger partial charge in [-0.3, -0.25) is 4.79 Å². The Hall–Kier alpha value is -0.570. The molecule has 0 aliphatic heterocycles. The van der Waals surface area contributed by atoms with E-state index in [1.807, 2.05) is 0 Å². The van der Waals surface area contributed by atoms with Gasteiger partial charge >= 0.3 is 5.97 Å². The lowest BCUT2D eigenvalue weighted by molar-refractivity contribution is -0.139. The summed E-state index contributed by atoms with van der Waals surface area (Å²) in [7, 11) is 0. The van der Waals surface area contributed by atoms with Gasteiger partial charge in [0.1, 0.15) is 0 Å². The molecule has 2 aliphatic rings. The Labute approximate surface area is 71.9 Å². The second-order valence-electron chi connectivity index (χ2n) is 4.28. The summed E-state index contributed by atoms with van der Waals surface area (Å²) >= 11 is 0. The average Bonchev–Trinajstić information content (AvgIpc) is 2.72. The van der Waals surface area contributed by atoms with Gasteiger partial charge in [-0.2, -0.15) is 0 Å². The molecule has 2 aliphatic carbocycles. The van der Waals surface area contributed by atoms with Crippen molar-refractivity contribution in [2.24, 2.45) is 23.0 Å². The van der Waals surface area contributed by atoms with Gasteiger partial charge in [0.05, 0.1) is 6.42 Å². The van der Waals surface area contributed by atoms with Gasteiger partial charge in [-0.15, -0.1) is 0 Å². The third-order valence-corrected chi connectivity index (χ3v) is 3.63. The normalized spacial score (nSPS) is 44.1. The molecule has 0 spiro atoms. The van der Waals surface area contributed by atoms with E-state index in [0.717, 1.165) is 12.3 Å². The molecule has 3 nitrogen and oxygen atoms in total. The van der Waals surface area contributed by atoms with Gasteiger partial charge in [0, 0.05) is 0 Å². The molecule has 0 saturated heterocycles. The molecule has 68 valence electrons. The molecule has 3 N–H and O–H groups in total. The fourth-order valence-corrected chi connectivity index (χ4v) is 2.82. The van der Waals surface area contributed by atoms with Crippen molar-refractivity contribution in [3.05, 3.63) is 0 Å². The number of carboxylic acids is 1. The average molecular weight is 169 g/mol. The highest BCUT2D eigenvalue weighted by molar-refractivity contribution is 5.68. The lowest BCUT2D eigenvalue weighted by Gasteiger charge is -2.27. The van der Waals surface area contributed by atoms with Crippen LogP contribution in [0.1, 0.15) is 25.7 Å². The SMILES string of the molecule is NCC1(CC(=O)O)CCC2CC21. The van der Waals surface area contributed by atoms with Crippen molar-refractivity contribution in [2.45, 2.75) is 25.7 Å². The zero-order valence-electron chi connectivity index (χ0n) is 7.12. The van der Waals surface area contributed by atoms with Crippen LogP contribution in [0.25, 0.3) is 0 Å². The second-order valence-corrected chi connectivity index (χ2v) is 4.28. The van der Waals surface area contributed by atoms with Crippen LogP contribution in [-0.2, 0) is 4.79 Å².